The molecule has 5 nitrogen and oxygen atoms in total. The molecule has 150 valence electrons. The monoisotopic (exact) mass is 491 g/mol. The number of aryl methyl sites for hydroxylation is 1. The molecule has 2 aromatic rings. The van der Waals surface area contributed by atoms with Crippen molar-refractivity contribution in [3.05, 3.63) is 53.6 Å². The third-order valence-corrected chi connectivity index (χ3v) is 4.18. The Morgan fingerprint density at radius 1 is 1.19 bits per heavy atom. The maximum atomic E-state index is 12.8. The molecule has 2 N–H and O–H groups in total. The Morgan fingerprint density at radius 3 is 2.48 bits per heavy atom. The van der Waals surface area contributed by atoms with E-state index in [9.17, 15) is 8.78 Å². The van der Waals surface area contributed by atoms with E-state index in [1.54, 1.807) is 7.05 Å². The topological polar surface area (TPSA) is 54.2 Å². The number of aromatic nitrogens is 2. The van der Waals surface area contributed by atoms with Gasteiger partial charge in [0.2, 0.25) is 0 Å². The molecule has 0 amide bonds. The fourth-order valence-corrected chi connectivity index (χ4v) is 2.61. The van der Waals surface area contributed by atoms with Crippen LogP contribution in [0.1, 0.15) is 49.7 Å². The molecule has 2 rings (SSSR count). The minimum absolute atomic E-state index is 0. The van der Waals surface area contributed by atoms with Gasteiger partial charge in [-0.3, -0.25) is 9.56 Å². The highest BCUT2D eigenvalue weighted by Gasteiger charge is 2.11. The van der Waals surface area contributed by atoms with E-state index in [0.29, 0.717) is 11.9 Å². The van der Waals surface area contributed by atoms with Crippen LogP contribution in [0.15, 0.2) is 41.7 Å². The Balaban J connectivity index is 0.00000364. The summed E-state index contributed by atoms with van der Waals surface area (Å²) in [4.78, 5) is 8.04. The second-order valence-electron chi connectivity index (χ2n) is 6.38. The van der Waals surface area contributed by atoms with Crippen molar-refractivity contribution in [3.8, 4) is 0 Å². The Labute approximate surface area is 176 Å². The summed E-state index contributed by atoms with van der Waals surface area (Å²) in [5, 5.41) is 6.20. The normalized spacial score (nSPS) is 11.6. The van der Waals surface area contributed by atoms with Crippen LogP contribution in [-0.4, -0.2) is 29.1 Å². The number of hydrogen-bond acceptors (Lipinski definition) is 2. The van der Waals surface area contributed by atoms with Crippen molar-refractivity contribution < 1.29 is 8.78 Å². The number of hydrogen-bond donors (Lipinski definition) is 2. The lowest BCUT2D eigenvalue weighted by atomic mass is 10.0. The Hall–Kier alpha value is -1.71. The molecule has 0 atom stereocenters. The zero-order valence-electron chi connectivity index (χ0n) is 16.0. The van der Waals surface area contributed by atoms with Crippen molar-refractivity contribution in [2.45, 2.75) is 45.7 Å². The largest absolute Gasteiger partial charge is 0.356 e. The van der Waals surface area contributed by atoms with Crippen LogP contribution >= 0.6 is 24.0 Å². The summed E-state index contributed by atoms with van der Waals surface area (Å²) in [5.41, 5.74) is 2.65. The van der Waals surface area contributed by atoms with Crippen LogP contribution in [0.4, 0.5) is 8.78 Å². The van der Waals surface area contributed by atoms with Gasteiger partial charge in [0.05, 0.1) is 6.54 Å². The molecule has 0 spiro atoms. The Kier molecular flexibility index (Phi) is 10.3. The lowest BCUT2D eigenvalue weighted by molar-refractivity contribution is 0.0668. The van der Waals surface area contributed by atoms with Crippen molar-refractivity contribution in [2.75, 3.05) is 13.6 Å². The quantitative estimate of drug-likeness (QED) is 0.251. The lowest BCUT2D eigenvalue weighted by Gasteiger charge is -2.13. The maximum Gasteiger partial charge on any atom is 0.319 e. The average molecular weight is 491 g/mol. The van der Waals surface area contributed by atoms with E-state index in [0.717, 1.165) is 24.0 Å². The van der Waals surface area contributed by atoms with Crippen LogP contribution < -0.4 is 10.6 Å². The third kappa shape index (κ3) is 7.43. The van der Waals surface area contributed by atoms with Gasteiger partial charge < -0.3 is 10.6 Å². The second-order valence-corrected chi connectivity index (χ2v) is 6.38. The summed E-state index contributed by atoms with van der Waals surface area (Å²) >= 11 is 0. The van der Waals surface area contributed by atoms with Crippen molar-refractivity contribution in [1.82, 2.24) is 20.2 Å². The van der Waals surface area contributed by atoms with Crippen molar-refractivity contribution >= 4 is 29.9 Å². The average Bonchev–Trinajstić information content (AvgIpc) is 3.10. The van der Waals surface area contributed by atoms with Gasteiger partial charge in [0, 0.05) is 26.0 Å². The number of rotatable bonds is 8. The van der Waals surface area contributed by atoms with Crippen molar-refractivity contribution in [3.63, 3.8) is 0 Å². The number of imidazole rings is 1. The van der Waals surface area contributed by atoms with Gasteiger partial charge in [-0.15, -0.1) is 24.0 Å². The van der Waals surface area contributed by atoms with Gasteiger partial charge in [0.1, 0.15) is 5.82 Å². The number of alkyl halides is 2. The number of benzene rings is 1. The number of guanidine groups is 1. The van der Waals surface area contributed by atoms with E-state index < -0.39 is 6.55 Å². The molecule has 0 aliphatic heterocycles. The molecular weight excluding hydrogens is 463 g/mol. The summed E-state index contributed by atoms with van der Waals surface area (Å²) in [5.74, 6) is 1.39. The zero-order chi connectivity index (χ0) is 18.9. The molecule has 0 bridgehead atoms. The minimum atomic E-state index is -2.59. The fraction of sp³-hybridized carbons (Fsp3) is 0.474. The highest BCUT2D eigenvalue weighted by atomic mass is 127. The summed E-state index contributed by atoms with van der Waals surface area (Å²) in [6.07, 6.45) is 4.55. The van der Waals surface area contributed by atoms with E-state index in [-0.39, 0.29) is 36.3 Å². The minimum Gasteiger partial charge on any atom is -0.356 e. The van der Waals surface area contributed by atoms with Gasteiger partial charge in [0.25, 0.3) is 0 Å². The molecule has 0 saturated heterocycles. The van der Waals surface area contributed by atoms with E-state index in [1.807, 2.05) is 0 Å². The molecule has 1 aromatic carbocycles. The first kappa shape index (κ1) is 23.3. The zero-order valence-corrected chi connectivity index (χ0v) is 18.3. The highest BCUT2D eigenvalue weighted by Crippen LogP contribution is 2.15. The Morgan fingerprint density at radius 2 is 1.89 bits per heavy atom. The van der Waals surface area contributed by atoms with Gasteiger partial charge in [-0.25, -0.2) is 4.98 Å². The van der Waals surface area contributed by atoms with E-state index >= 15 is 0 Å². The predicted molar refractivity (Wildman–Crippen MR) is 116 cm³/mol. The highest BCUT2D eigenvalue weighted by molar-refractivity contribution is 14.0. The van der Waals surface area contributed by atoms with Gasteiger partial charge in [-0.1, -0.05) is 38.1 Å². The first-order valence-corrected chi connectivity index (χ1v) is 8.84. The molecule has 0 fully saturated rings. The third-order valence-electron chi connectivity index (χ3n) is 4.18. The smallest absolute Gasteiger partial charge is 0.319 e. The van der Waals surface area contributed by atoms with E-state index in [1.165, 1.54) is 23.5 Å². The van der Waals surface area contributed by atoms with Crippen LogP contribution in [0.3, 0.4) is 0 Å². The molecule has 27 heavy (non-hydrogen) atoms. The summed E-state index contributed by atoms with van der Waals surface area (Å²) in [6, 6.07) is 8.71. The van der Waals surface area contributed by atoms with Gasteiger partial charge in [0.15, 0.2) is 5.96 Å². The summed E-state index contributed by atoms with van der Waals surface area (Å²) < 4.78 is 26.4. The predicted octanol–water partition coefficient (Wildman–Crippen LogP) is 4.32. The first-order chi connectivity index (χ1) is 12.5. The fourth-order valence-electron chi connectivity index (χ4n) is 2.61. The standard InChI is InChI=1S/C19H27F2N5.HI/c1-14(2)16-8-6-15(7-9-16)5-4-10-24-19(22-3)25-13-17-23-11-12-26(17)18(20)21;/h6-9,11-12,14,18H,4-5,10,13H2,1-3H3,(H2,22,24,25);1H. The second kappa shape index (κ2) is 11.9. The molecule has 0 aliphatic rings. The van der Waals surface area contributed by atoms with Crippen LogP contribution in [0.5, 0.6) is 0 Å². The molecular formula is C19H28F2IN5. The molecule has 1 aromatic heterocycles. The van der Waals surface area contributed by atoms with E-state index in [4.69, 9.17) is 0 Å². The first-order valence-electron chi connectivity index (χ1n) is 8.84. The van der Waals surface area contributed by atoms with Crippen LogP contribution in [0.25, 0.3) is 0 Å². The maximum absolute atomic E-state index is 12.8. The number of nitrogens with one attached hydrogen (secondary N) is 2. The number of nitrogens with zero attached hydrogens (tertiary/aromatic N) is 3. The van der Waals surface area contributed by atoms with Crippen molar-refractivity contribution in [2.24, 2.45) is 4.99 Å². The van der Waals surface area contributed by atoms with Gasteiger partial charge in [-0.05, 0) is 29.9 Å². The summed E-state index contributed by atoms with van der Waals surface area (Å²) in [7, 11) is 1.65. The van der Waals surface area contributed by atoms with E-state index in [2.05, 4.69) is 58.7 Å². The number of halogens is 3. The molecule has 0 aliphatic carbocycles. The lowest BCUT2D eigenvalue weighted by Crippen LogP contribution is -2.38. The number of aliphatic imine (C=N–C) groups is 1. The SMILES string of the molecule is CN=C(NCCCc1ccc(C(C)C)cc1)NCc1nccn1C(F)F.I. The molecule has 0 saturated carbocycles. The van der Waals surface area contributed by atoms with Crippen LogP contribution in [-0.2, 0) is 13.0 Å². The summed E-state index contributed by atoms with van der Waals surface area (Å²) in [6.45, 7) is 2.71. The van der Waals surface area contributed by atoms with Crippen molar-refractivity contribution in [1.29, 1.82) is 0 Å². The molecule has 8 heteroatoms. The van der Waals surface area contributed by atoms with Crippen LogP contribution in [0, 0.1) is 0 Å². The molecule has 0 unspecified atom stereocenters. The van der Waals surface area contributed by atoms with Gasteiger partial charge >= 0.3 is 6.55 Å². The molecule has 1 heterocycles. The molecule has 0 radical (unpaired) electrons. The van der Waals surface area contributed by atoms with Gasteiger partial charge in [-0.2, -0.15) is 8.78 Å². The van der Waals surface area contributed by atoms with Crippen LogP contribution in [0.2, 0.25) is 0 Å². The Bertz CT molecular complexity index is 698.